The van der Waals surface area contributed by atoms with E-state index in [2.05, 4.69) is 68.5 Å². The summed E-state index contributed by atoms with van der Waals surface area (Å²) < 4.78 is 25.1. The summed E-state index contributed by atoms with van der Waals surface area (Å²) in [5, 5.41) is 1.05. The number of ether oxygens (including phenoxy) is 1. The Bertz CT molecular complexity index is 1240. The topological polar surface area (TPSA) is 14.2 Å². The maximum absolute atomic E-state index is 14.9. The van der Waals surface area contributed by atoms with E-state index >= 15 is 0 Å². The number of thiophene rings is 1. The van der Waals surface area contributed by atoms with E-state index in [1.165, 1.54) is 16.5 Å². The maximum Gasteiger partial charge on any atom is 0.212 e. The van der Waals surface area contributed by atoms with E-state index in [1.807, 2.05) is 18.2 Å². The summed E-state index contributed by atoms with van der Waals surface area (Å²) in [5.74, 6) is 0.276. The molecule has 0 amide bonds. The molecule has 0 bridgehead atoms. The summed E-state index contributed by atoms with van der Waals surface area (Å²) in [4.78, 5) is 2.43. The highest BCUT2D eigenvalue weighted by atomic mass is 79.9. The summed E-state index contributed by atoms with van der Waals surface area (Å²) in [5.41, 5.74) is 3.71. The van der Waals surface area contributed by atoms with Gasteiger partial charge in [0.05, 0.1) is 21.7 Å². The lowest BCUT2D eigenvalue weighted by atomic mass is 10.1. The molecule has 0 saturated heterocycles. The van der Waals surface area contributed by atoms with Crippen molar-refractivity contribution in [3.63, 3.8) is 0 Å². The fraction of sp³-hybridized carbons (Fsp3) is 0.182. The van der Waals surface area contributed by atoms with E-state index in [9.17, 15) is 4.39 Å². The molecule has 5 rings (SSSR count). The van der Waals surface area contributed by atoms with Crippen LogP contribution in [0.1, 0.15) is 28.5 Å². The van der Waals surface area contributed by atoms with Crippen LogP contribution in [-0.4, -0.2) is 4.57 Å². The number of hydrogen-bond acceptors (Lipinski definition) is 2. The van der Waals surface area contributed by atoms with Gasteiger partial charge in [0, 0.05) is 19.2 Å². The SMILES string of the molecule is CCc1cc(C2Oc3cc(Br)cc(F)c3-c3cc4cc(Br)ccc4n32)sc1C. The minimum absolute atomic E-state index is 0.289. The molecule has 6 heteroatoms. The molecule has 1 atom stereocenters. The number of fused-ring (bicyclic) bond motifs is 5. The van der Waals surface area contributed by atoms with Gasteiger partial charge in [-0.25, -0.2) is 4.39 Å². The Labute approximate surface area is 183 Å². The molecule has 0 fully saturated rings. The average molecular weight is 521 g/mol. The van der Waals surface area contributed by atoms with Crippen LogP contribution in [0.3, 0.4) is 0 Å². The first kappa shape index (κ1) is 18.4. The van der Waals surface area contributed by atoms with Crippen LogP contribution in [0.2, 0.25) is 0 Å². The van der Waals surface area contributed by atoms with Gasteiger partial charge in [-0.2, -0.15) is 0 Å². The Balaban J connectivity index is 1.82. The van der Waals surface area contributed by atoms with Gasteiger partial charge in [-0.3, -0.25) is 4.57 Å². The van der Waals surface area contributed by atoms with Gasteiger partial charge >= 0.3 is 0 Å². The number of rotatable bonds is 2. The van der Waals surface area contributed by atoms with Crippen LogP contribution in [0.5, 0.6) is 5.75 Å². The molecule has 28 heavy (non-hydrogen) atoms. The van der Waals surface area contributed by atoms with E-state index in [-0.39, 0.29) is 12.0 Å². The first-order chi connectivity index (χ1) is 13.5. The molecule has 1 aliphatic heterocycles. The van der Waals surface area contributed by atoms with Gasteiger partial charge in [0.2, 0.25) is 6.23 Å². The highest BCUT2D eigenvalue weighted by molar-refractivity contribution is 9.10. The highest BCUT2D eigenvalue weighted by Gasteiger charge is 2.32. The lowest BCUT2D eigenvalue weighted by molar-refractivity contribution is 0.176. The van der Waals surface area contributed by atoms with Crippen molar-refractivity contribution in [3.05, 3.63) is 72.5 Å². The quantitative estimate of drug-likeness (QED) is 0.262. The fourth-order valence-electron chi connectivity index (χ4n) is 3.92. The largest absolute Gasteiger partial charge is 0.464 e. The number of halogens is 3. The number of benzene rings is 2. The predicted octanol–water partition coefficient (Wildman–Crippen LogP) is 7.84. The van der Waals surface area contributed by atoms with Crippen molar-refractivity contribution in [2.75, 3.05) is 0 Å². The summed E-state index contributed by atoms with van der Waals surface area (Å²) in [6, 6.07) is 13.7. The third-order valence-corrected chi connectivity index (χ3v) is 7.29. The Morgan fingerprint density at radius 1 is 1.11 bits per heavy atom. The standard InChI is InChI=1S/C22H16Br2FNOS/c1-3-12-8-20(28-11(12)2)22-26-17-5-4-14(23)6-13(17)7-18(26)21-16(25)9-15(24)10-19(21)27-22/h4-10,22H,3H2,1-2H3. The molecule has 0 saturated carbocycles. The van der Waals surface area contributed by atoms with Gasteiger partial charge in [0.15, 0.2) is 0 Å². The van der Waals surface area contributed by atoms with Crippen molar-refractivity contribution in [1.29, 1.82) is 0 Å². The number of aryl methyl sites for hydroxylation is 2. The lowest BCUT2D eigenvalue weighted by Gasteiger charge is -2.29. The Morgan fingerprint density at radius 3 is 2.68 bits per heavy atom. The normalized spacial score (nSPS) is 15.4. The molecule has 2 aromatic carbocycles. The van der Waals surface area contributed by atoms with E-state index in [1.54, 1.807) is 11.3 Å². The molecular formula is C22H16Br2FNOS. The highest BCUT2D eigenvalue weighted by Crippen LogP contribution is 2.47. The molecule has 0 aliphatic carbocycles. The zero-order valence-electron chi connectivity index (χ0n) is 15.2. The third kappa shape index (κ3) is 2.77. The van der Waals surface area contributed by atoms with E-state index in [0.29, 0.717) is 15.8 Å². The van der Waals surface area contributed by atoms with Gasteiger partial charge in [-0.05, 0) is 61.4 Å². The first-order valence-electron chi connectivity index (χ1n) is 9.02. The second-order valence-corrected chi connectivity index (χ2v) is 10.0. The first-order valence-corrected chi connectivity index (χ1v) is 11.4. The molecule has 1 aliphatic rings. The van der Waals surface area contributed by atoms with Gasteiger partial charge in [0.25, 0.3) is 0 Å². The maximum atomic E-state index is 14.9. The van der Waals surface area contributed by atoms with Gasteiger partial charge < -0.3 is 4.74 Å². The van der Waals surface area contributed by atoms with Crippen LogP contribution < -0.4 is 4.74 Å². The minimum atomic E-state index is -0.320. The number of nitrogens with zero attached hydrogens (tertiary/aromatic N) is 1. The van der Waals surface area contributed by atoms with Crippen LogP contribution >= 0.6 is 43.2 Å². The Morgan fingerprint density at radius 2 is 1.93 bits per heavy atom. The monoisotopic (exact) mass is 519 g/mol. The summed E-state index contributed by atoms with van der Waals surface area (Å²) >= 11 is 8.69. The second-order valence-electron chi connectivity index (χ2n) is 6.92. The molecular weight excluding hydrogens is 505 g/mol. The van der Waals surface area contributed by atoms with Gasteiger partial charge in [0.1, 0.15) is 11.6 Å². The van der Waals surface area contributed by atoms with Crippen molar-refractivity contribution in [2.45, 2.75) is 26.5 Å². The fourth-order valence-corrected chi connectivity index (χ4v) is 5.85. The molecule has 4 aromatic rings. The van der Waals surface area contributed by atoms with E-state index < -0.39 is 0 Å². The molecule has 0 N–H and O–H groups in total. The van der Waals surface area contributed by atoms with Crippen LogP contribution in [0.15, 0.2) is 51.4 Å². The smallest absolute Gasteiger partial charge is 0.212 e. The van der Waals surface area contributed by atoms with Crippen molar-refractivity contribution < 1.29 is 9.13 Å². The van der Waals surface area contributed by atoms with E-state index in [0.717, 1.165) is 32.4 Å². The minimum Gasteiger partial charge on any atom is -0.464 e. The second kappa shape index (κ2) is 6.71. The van der Waals surface area contributed by atoms with Crippen molar-refractivity contribution >= 4 is 54.1 Å². The number of hydrogen-bond donors (Lipinski definition) is 0. The predicted molar refractivity (Wildman–Crippen MR) is 120 cm³/mol. The molecule has 0 spiro atoms. The zero-order valence-corrected chi connectivity index (χ0v) is 19.2. The average Bonchev–Trinajstić information content (AvgIpc) is 3.20. The van der Waals surface area contributed by atoms with Gasteiger partial charge in [-0.15, -0.1) is 11.3 Å². The molecule has 2 nitrogen and oxygen atoms in total. The van der Waals surface area contributed by atoms with Crippen LogP contribution in [0.25, 0.3) is 22.2 Å². The molecule has 3 heterocycles. The molecule has 1 unspecified atom stereocenters. The van der Waals surface area contributed by atoms with Crippen molar-refractivity contribution in [1.82, 2.24) is 4.57 Å². The summed E-state index contributed by atoms with van der Waals surface area (Å²) in [6.45, 7) is 4.31. The summed E-state index contributed by atoms with van der Waals surface area (Å²) in [6.07, 6.45) is 0.664. The van der Waals surface area contributed by atoms with Crippen LogP contribution in [0.4, 0.5) is 4.39 Å². The molecule has 142 valence electrons. The van der Waals surface area contributed by atoms with Crippen molar-refractivity contribution in [2.24, 2.45) is 0 Å². The van der Waals surface area contributed by atoms with E-state index in [4.69, 9.17) is 4.74 Å². The third-order valence-electron chi connectivity index (χ3n) is 5.21. The zero-order chi connectivity index (χ0) is 19.6. The van der Waals surface area contributed by atoms with Crippen molar-refractivity contribution in [3.8, 4) is 17.0 Å². The van der Waals surface area contributed by atoms with Crippen LogP contribution in [0, 0.1) is 12.7 Å². The Kier molecular flexibility index (Phi) is 4.41. The van der Waals surface area contributed by atoms with Crippen LogP contribution in [-0.2, 0) is 6.42 Å². The number of aromatic nitrogens is 1. The lowest BCUT2D eigenvalue weighted by Crippen LogP contribution is -2.22. The van der Waals surface area contributed by atoms with Gasteiger partial charge in [-0.1, -0.05) is 38.8 Å². The molecule has 2 aromatic heterocycles. The summed E-state index contributed by atoms with van der Waals surface area (Å²) in [7, 11) is 0. The molecule has 0 radical (unpaired) electrons. The Hall–Kier alpha value is -1.63.